The van der Waals surface area contributed by atoms with Crippen LogP contribution in [-0.4, -0.2) is 30.8 Å². The van der Waals surface area contributed by atoms with Crippen molar-refractivity contribution in [3.63, 3.8) is 0 Å². The van der Waals surface area contributed by atoms with Crippen LogP contribution in [0.2, 0.25) is 0 Å². The fraction of sp³-hybridized carbons (Fsp3) is 0.333. The van der Waals surface area contributed by atoms with E-state index in [2.05, 4.69) is 60.5 Å². The summed E-state index contributed by atoms with van der Waals surface area (Å²) in [5, 5.41) is 12.0. The molecule has 0 fully saturated rings. The fourth-order valence-corrected chi connectivity index (χ4v) is 4.28. The SMILES string of the molecule is CC(C)N(Cc1ccc(-c2ccc(CCNCCO)cc2)s1)c1ccc(F)cc1. The molecule has 0 aliphatic carbocycles. The predicted octanol–water partition coefficient (Wildman–Crippen LogP) is 5.09. The number of anilines is 1. The van der Waals surface area contributed by atoms with E-state index in [0.717, 1.165) is 25.2 Å². The highest BCUT2D eigenvalue weighted by Gasteiger charge is 2.13. The van der Waals surface area contributed by atoms with Gasteiger partial charge in [-0.3, -0.25) is 0 Å². The molecule has 154 valence electrons. The van der Waals surface area contributed by atoms with Gasteiger partial charge in [-0.15, -0.1) is 11.3 Å². The predicted molar refractivity (Wildman–Crippen MR) is 121 cm³/mol. The standard InChI is InChI=1S/C24H29FN2OS/c1-18(2)27(22-9-7-21(25)8-10-22)17-23-11-12-24(29-23)20-5-3-19(4-6-20)13-14-26-15-16-28/h3-12,18,26,28H,13-17H2,1-2H3. The summed E-state index contributed by atoms with van der Waals surface area (Å²) in [5.74, 6) is -0.205. The van der Waals surface area contributed by atoms with Gasteiger partial charge in [0.1, 0.15) is 5.82 Å². The van der Waals surface area contributed by atoms with E-state index >= 15 is 0 Å². The number of hydrogen-bond donors (Lipinski definition) is 2. The Hall–Kier alpha value is -2.21. The van der Waals surface area contributed by atoms with Crippen molar-refractivity contribution in [2.24, 2.45) is 0 Å². The van der Waals surface area contributed by atoms with Gasteiger partial charge in [-0.1, -0.05) is 24.3 Å². The topological polar surface area (TPSA) is 35.5 Å². The van der Waals surface area contributed by atoms with Crippen LogP contribution in [0.25, 0.3) is 10.4 Å². The second-order valence-corrected chi connectivity index (χ2v) is 8.55. The highest BCUT2D eigenvalue weighted by atomic mass is 32.1. The molecule has 0 amide bonds. The van der Waals surface area contributed by atoms with E-state index in [-0.39, 0.29) is 12.4 Å². The number of nitrogens with zero attached hydrogens (tertiary/aromatic N) is 1. The van der Waals surface area contributed by atoms with E-state index in [1.165, 1.54) is 33.0 Å². The first-order valence-corrected chi connectivity index (χ1v) is 10.9. The van der Waals surface area contributed by atoms with Gasteiger partial charge < -0.3 is 15.3 Å². The lowest BCUT2D eigenvalue weighted by Crippen LogP contribution is -2.29. The van der Waals surface area contributed by atoms with Gasteiger partial charge in [-0.25, -0.2) is 4.39 Å². The van der Waals surface area contributed by atoms with Crippen molar-refractivity contribution in [3.05, 3.63) is 76.9 Å². The summed E-state index contributed by atoms with van der Waals surface area (Å²) in [6.45, 7) is 6.81. The van der Waals surface area contributed by atoms with Crippen LogP contribution in [0.4, 0.5) is 10.1 Å². The van der Waals surface area contributed by atoms with Gasteiger partial charge in [0, 0.05) is 28.0 Å². The van der Waals surface area contributed by atoms with Gasteiger partial charge in [-0.05, 0) is 74.3 Å². The maximum Gasteiger partial charge on any atom is 0.123 e. The summed E-state index contributed by atoms with van der Waals surface area (Å²) in [7, 11) is 0. The first-order valence-electron chi connectivity index (χ1n) is 10.1. The molecule has 0 unspecified atom stereocenters. The van der Waals surface area contributed by atoms with Gasteiger partial charge in [0.2, 0.25) is 0 Å². The average Bonchev–Trinajstić information content (AvgIpc) is 3.19. The number of aliphatic hydroxyl groups excluding tert-OH is 1. The molecular weight excluding hydrogens is 383 g/mol. The van der Waals surface area contributed by atoms with Gasteiger partial charge in [-0.2, -0.15) is 0 Å². The zero-order valence-corrected chi connectivity index (χ0v) is 17.9. The summed E-state index contributed by atoms with van der Waals surface area (Å²) in [4.78, 5) is 4.83. The minimum atomic E-state index is -0.205. The molecule has 0 aliphatic heterocycles. The van der Waals surface area contributed by atoms with Crippen molar-refractivity contribution in [2.45, 2.75) is 32.9 Å². The number of aliphatic hydroxyl groups is 1. The molecule has 0 radical (unpaired) electrons. The number of thiophene rings is 1. The maximum absolute atomic E-state index is 13.3. The largest absolute Gasteiger partial charge is 0.395 e. The lowest BCUT2D eigenvalue weighted by Gasteiger charge is -2.28. The summed E-state index contributed by atoms with van der Waals surface area (Å²) >= 11 is 1.80. The molecule has 1 heterocycles. The molecule has 1 aromatic heterocycles. The molecule has 29 heavy (non-hydrogen) atoms. The molecule has 0 atom stereocenters. The molecule has 0 aliphatic rings. The Kier molecular flexibility index (Phi) is 7.81. The zero-order chi connectivity index (χ0) is 20.6. The Balaban J connectivity index is 1.65. The van der Waals surface area contributed by atoms with Crippen LogP contribution >= 0.6 is 11.3 Å². The Morgan fingerprint density at radius 2 is 1.69 bits per heavy atom. The minimum absolute atomic E-state index is 0.176. The van der Waals surface area contributed by atoms with E-state index < -0.39 is 0 Å². The van der Waals surface area contributed by atoms with E-state index in [9.17, 15) is 4.39 Å². The van der Waals surface area contributed by atoms with Crippen molar-refractivity contribution in [1.82, 2.24) is 5.32 Å². The van der Waals surface area contributed by atoms with Crippen LogP contribution in [0.5, 0.6) is 0 Å². The minimum Gasteiger partial charge on any atom is -0.395 e. The van der Waals surface area contributed by atoms with Gasteiger partial charge in [0.05, 0.1) is 13.2 Å². The van der Waals surface area contributed by atoms with Crippen LogP contribution in [0.3, 0.4) is 0 Å². The number of rotatable bonds is 10. The van der Waals surface area contributed by atoms with E-state index in [1.54, 1.807) is 11.3 Å². The summed E-state index contributed by atoms with van der Waals surface area (Å²) < 4.78 is 13.3. The van der Waals surface area contributed by atoms with Crippen molar-refractivity contribution in [3.8, 4) is 10.4 Å². The Morgan fingerprint density at radius 3 is 2.34 bits per heavy atom. The zero-order valence-electron chi connectivity index (χ0n) is 17.1. The lowest BCUT2D eigenvalue weighted by molar-refractivity contribution is 0.293. The quantitative estimate of drug-likeness (QED) is 0.455. The molecule has 0 saturated heterocycles. The molecule has 3 rings (SSSR count). The molecule has 3 nitrogen and oxygen atoms in total. The monoisotopic (exact) mass is 412 g/mol. The first kappa shape index (κ1) is 21.5. The normalized spacial score (nSPS) is 11.2. The smallest absolute Gasteiger partial charge is 0.123 e. The third kappa shape index (κ3) is 6.13. The van der Waals surface area contributed by atoms with Gasteiger partial charge in [0.25, 0.3) is 0 Å². The molecule has 0 saturated carbocycles. The third-order valence-corrected chi connectivity index (χ3v) is 6.01. The molecular formula is C24H29FN2OS. The Morgan fingerprint density at radius 1 is 0.966 bits per heavy atom. The number of hydrogen-bond acceptors (Lipinski definition) is 4. The van der Waals surface area contributed by atoms with Crippen LogP contribution in [0, 0.1) is 5.82 Å². The molecule has 5 heteroatoms. The second-order valence-electron chi connectivity index (χ2n) is 7.38. The Labute approximate surface area is 176 Å². The second kappa shape index (κ2) is 10.5. The molecule has 2 aromatic carbocycles. The van der Waals surface area contributed by atoms with E-state index in [0.29, 0.717) is 12.6 Å². The Bertz CT molecular complexity index is 875. The molecule has 0 bridgehead atoms. The number of benzene rings is 2. The van der Waals surface area contributed by atoms with Crippen LogP contribution < -0.4 is 10.2 Å². The van der Waals surface area contributed by atoms with Gasteiger partial charge in [0.15, 0.2) is 0 Å². The maximum atomic E-state index is 13.3. The molecule has 0 spiro atoms. The third-order valence-electron chi connectivity index (χ3n) is 4.89. The van der Waals surface area contributed by atoms with E-state index in [4.69, 9.17) is 5.11 Å². The van der Waals surface area contributed by atoms with Crippen LogP contribution in [0.15, 0.2) is 60.7 Å². The van der Waals surface area contributed by atoms with Crippen molar-refractivity contribution >= 4 is 17.0 Å². The van der Waals surface area contributed by atoms with Crippen molar-refractivity contribution in [2.75, 3.05) is 24.6 Å². The summed E-state index contributed by atoms with van der Waals surface area (Å²) in [6.07, 6.45) is 0.955. The highest BCUT2D eigenvalue weighted by molar-refractivity contribution is 7.15. The fourth-order valence-electron chi connectivity index (χ4n) is 3.26. The van der Waals surface area contributed by atoms with Gasteiger partial charge >= 0.3 is 0 Å². The highest BCUT2D eigenvalue weighted by Crippen LogP contribution is 2.30. The molecule has 3 aromatic rings. The van der Waals surface area contributed by atoms with Crippen LogP contribution in [0.1, 0.15) is 24.3 Å². The summed E-state index contributed by atoms with van der Waals surface area (Å²) in [5.41, 5.74) is 3.56. The average molecular weight is 413 g/mol. The lowest BCUT2D eigenvalue weighted by atomic mass is 10.1. The van der Waals surface area contributed by atoms with E-state index in [1.807, 2.05) is 12.1 Å². The first-order chi connectivity index (χ1) is 14.1. The van der Waals surface area contributed by atoms with Crippen molar-refractivity contribution in [1.29, 1.82) is 0 Å². The summed E-state index contributed by atoms with van der Waals surface area (Å²) in [6, 6.07) is 20.1. The van der Waals surface area contributed by atoms with Crippen molar-refractivity contribution < 1.29 is 9.50 Å². The van der Waals surface area contributed by atoms with Crippen LogP contribution in [-0.2, 0) is 13.0 Å². The number of nitrogens with one attached hydrogen (secondary N) is 1. The number of halogens is 1. The molecule has 2 N–H and O–H groups in total.